The van der Waals surface area contributed by atoms with Crippen LogP contribution >= 0.6 is 0 Å². The highest BCUT2D eigenvalue weighted by molar-refractivity contribution is 5.83. The number of carbonyl (C=O) groups excluding carboxylic acids is 2. The third-order valence-electron chi connectivity index (χ3n) is 3.25. The van der Waals surface area contributed by atoms with Crippen molar-refractivity contribution in [2.45, 2.75) is 20.8 Å². The molecule has 0 amide bonds. The molecule has 4 nitrogen and oxygen atoms in total. The average Bonchev–Trinajstić information content (AvgIpc) is 2.55. The van der Waals surface area contributed by atoms with Crippen LogP contribution < -0.4 is 9.47 Å². The molecule has 2 aromatic carbocycles. The normalized spacial score (nSPS) is 10.8. The average molecular weight is 324 g/mol. The van der Waals surface area contributed by atoms with Crippen molar-refractivity contribution < 1.29 is 19.1 Å². The molecule has 0 saturated carbocycles. The molecular formula is C20H20O4. The van der Waals surface area contributed by atoms with E-state index in [0.717, 1.165) is 17.2 Å². The van der Waals surface area contributed by atoms with Gasteiger partial charge in [-0.3, -0.25) is 4.79 Å². The van der Waals surface area contributed by atoms with Gasteiger partial charge in [-0.25, -0.2) is 4.79 Å². The van der Waals surface area contributed by atoms with E-state index in [1.807, 2.05) is 45.0 Å². The summed E-state index contributed by atoms with van der Waals surface area (Å²) in [4.78, 5) is 23.0. The zero-order valence-electron chi connectivity index (χ0n) is 14.0. The fourth-order valence-electron chi connectivity index (χ4n) is 1.85. The van der Waals surface area contributed by atoms with Crippen molar-refractivity contribution in [2.75, 3.05) is 0 Å². The lowest BCUT2D eigenvalue weighted by molar-refractivity contribution is -0.143. The second-order valence-corrected chi connectivity index (χ2v) is 6.31. The van der Waals surface area contributed by atoms with Crippen LogP contribution in [-0.4, -0.2) is 11.9 Å². The molecule has 0 aliphatic heterocycles. The maximum atomic E-state index is 11.9. The Kier molecular flexibility index (Phi) is 5.19. The van der Waals surface area contributed by atoms with Crippen molar-refractivity contribution in [3.63, 3.8) is 0 Å². The summed E-state index contributed by atoms with van der Waals surface area (Å²) in [6.07, 6.45) is 1.12. The van der Waals surface area contributed by atoms with Gasteiger partial charge in [0.1, 0.15) is 11.5 Å². The second kappa shape index (κ2) is 7.13. The molecule has 0 radical (unpaired) electrons. The molecule has 0 spiro atoms. The summed E-state index contributed by atoms with van der Waals surface area (Å²) >= 11 is 0. The Labute approximate surface area is 141 Å². The summed E-state index contributed by atoms with van der Waals surface area (Å²) in [5.41, 5.74) is 1.38. The van der Waals surface area contributed by atoms with Gasteiger partial charge in [-0.15, -0.1) is 0 Å². The van der Waals surface area contributed by atoms with Crippen LogP contribution in [-0.2, 0) is 9.59 Å². The van der Waals surface area contributed by atoms with Crippen LogP contribution in [0.5, 0.6) is 11.5 Å². The van der Waals surface area contributed by atoms with Crippen molar-refractivity contribution in [3.8, 4) is 22.6 Å². The third kappa shape index (κ3) is 4.56. The summed E-state index contributed by atoms with van der Waals surface area (Å²) in [6, 6.07) is 14.4. The summed E-state index contributed by atoms with van der Waals surface area (Å²) < 4.78 is 10.4. The largest absolute Gasteiger partial charge is 0.426 e. The molecule has 0 aliphatic carbocycles. The first kappa shape index (κ1) is 17.5. The van der Waals surface area contributed by atoms with Crippen LogP contribution in [0.3, 0.4) is 0 Å². The first-order valence-corrected chi connectivity index (χ1v) is 7.56. The van der Waals surface area contributed by atoms with Crippen LogP contribution in [0.2, 0.25) is 0 Å². The van der Waals surface area contributed by atoms with E-state index in [0.29, 0.717) is 11.5 Å². The fraction of sp³-hybridized carbons (Fsp3) is 0.200. The van der Waals surface area contributed by atoms with Gasteiger partial charge >= 0.3 is 11.9 Å². The SMILES string of the molecule is C=CC(=O)Oc1ccc(-c2ccc(OC(=O)C(C)(C)C)cc2)cc1. The van der Waals surface area contributed by atoms with Gasteiger partial charge in [-0.2, -0.15) is 0 Å². The number of ether oxygens (including phenoxy) is 2. The second-order valence-electron chi connectivity index (χ2n) is 6.31. The summed E-state index contributed by atoms with van der Waals surface area (Å²) in [5, 5.41) is 0. The Morgan fingerprint density at radius 3 is 1.62 bits per heavy atom. The maximum Gasteiger partial charge on any atom is 0.335 e. The van der Waals surface area contributed by atoms with Gasteiger partial charge in [0.2, 0.25) is 0 Å². The van der Waals surface area contributed by atoms with E-state index in [2.05, 4.69) is 6.58 Å². The van der Waals surface area contributed by atoms with Crippen LogP contribution in [0.15, 0.2) is 61.2 Å². The van der Waals surface area contributed by atoms with Crippen molar-refractivity contribution in [3.05, 3.63) is 61.2 Å². The van der Waals surface area contributed by atoms with Crippen LogP contribution in [0.4, 0.5) is 0 Å². The minimum atomic E-state index is -0.544. The molecule has 24 heavy (non-hydrogen) atoms. The van der Waals surface area contributed by atoms with E-state index in [1.165, 1.54) is 0 Å². The molecule has 0 heterocycles. The maximum absolute atomic E-state index is 11.9. The Morgan fingerprint density at radius 2 is 1.25 bits per heavy atom. The smallest absolute Gasteiger partial charge is 0.335 e. The predicted octanol–water partition coefficient (Wildman–Crippen LogP) is 4.40. The topological polar surface area (TPSA) is 52.6 Å². The lowest BCUT2D eigenvalue weighted by Gasteiger charge is -2.16. The van der Waals surface area contributed by atoms with E-state index in [-0.39, 0.29) is 5.97 Å². The van der Waals surface area contributed by atoms with Gasteiger partial charge in [0.05, 0.1) is 5.41 Å². The highest BCUT2D eigenvalue weighted by Crippen LogP contribution is 2.26. The van der Waals surface area contributed by atoms with E-state index in [1.54, 1.807) is 24.3 Å². The molecule has 0 bridgehead atoms. The van der Waals surface area contributed by atoms with E-state index in [4.69, 9.17) is 9.47 Å². The van der Waals surface area contributed by atoms with Gasteiger partial charge < -0.3 is 9.47 Å². The highest BCUT2D eigenvalue weighted by Gasteiger charge is 2.23. The lowest BCUT2D eigenvalue weighted by Crippen LogP contribution is -2.25. The molecule has 4 heteroatoms. The molecule has 124 valence electrons. The third-order valence-corrected chi connectivity index (χ3v) is 3.25. The van der Waals surface area contributed by atoms with Crippen molar-refractivity contribution in [1.82, 2.24) is 0 Å². The zero-order chi connectivity index (χ0) is 17.7. The first-order valence-electron chi connectivity index (χ1n) is 7.56. The molecule has 0 unspecified atom stereocenters. The standard InChI is InChI=1S/C20H20O4/c1-5-18(21)23-16-10-6-14(7-11-16)15-8-12-17(13-9-15)24-19(22)20(2,3)4/h5-13H,1H2,2-4H3. The van der Waals surface area contributed by atoms with Gasteiger partial charge in [-0.05, 0) is 56.2 Å². The van der Waals surface area contributed by atoms with E-state index < -0.39 is 11.4 Å². The molecule has 0 N–H and O–H groups in total. The minimum Gasteiger partial charge on any atom is -0.426 e. The molecule has 2 rings (SSSR count). The molecule has 0 fully saturated rings. The minimum absolute atomic E-state index is 0.274. The number of hydrogen-bond donors (Lipinski definition) is 0. The zero-order valence-corrected chi connectivity index (χ0v) is 14.0. The molecule has 0 atom stereocenters. The number of benzene rings is 2. The van der Waals surface area contributed by atoms with Gasteiger partial charge in [-0.1, -0.05) is 30.8 Å². The van der Waals surface area contributed by atoms with Crippen molar-refractivity contribution in [2.24, 2.45) is 5.41 Å². The Morgan fingerprint density at radius 1 is 0.833 bits per heavy atom. The number of esters is 2. The molecule has 0 aliphatic rings. The molecule has 2 aromatic rings. The number of rotatable bonds is 4. The van der Waals surface area contributed by atoms with Crippen LogP contribution in [0.25, 0.3) is 11.1 Å². The van der Waals surface area contributed by atoms with Gasteiger partial charge in [0, 0.05) is 6.08 Å². The molecular weight excluding hydrogens is 304 g/mol. The first-order chi connectivity index (χ1) is 11.3. The van der Waals surface area contributed by atoms with E-state index in [9.17, 15) is 9.59 Å². The fourth-order valence-corrected chi connectivity index (χ4v) is 1.85. The monoisotopic (exact) mass is 324 g/mol. The number of hydrogen-bond acceptors (Lipinski definition) is 4. The van der Waals surface area contributed by atoms with Crippen LogP contribution in [0, 0.1) is 5.41 Å². The Balaban J connectivity index is 2.09. The van der Waals surface area contributed by atoms with Gasteiger partial charge in [0.15, 0.2) is 0 Å². The van der Waals surface area contributed by atoms with Crippen molar-refractivity contribution in [1.29, 1.82) is 0 Å². The number of carbonyl (C=O) groups is 2. The molecule has 0 saturated heterocycles. The summed E-state index contributed by atoms with van der Waals surface area (Å²) in [7, 11) is 0. The highest BCUT2D eigenvalue weighted by atomic mass is 16.5. The summed E-state index contributed by atoms with van der Waals surface area (Å²) in [5.74, 6) is 0.200. The Hall–Kier alpha value is -2.88. The van der Waals surface area contributed by atoms with Crippen molar-refractivity contribution >= 4 is 11.9 Å². The predicted molar refractivity (Wildman–Crippen MR) is 92.8 cm³/mol. The Bertz CT molecular complexity index is 735. The van der Waals surface area contributed by atoms with Gasteiger partial charge in [0.25, 0.3) is 0 Å². The van der Waals surface area contributed by atoms with E-state index >= 15 is 0 Å². The lowest BCUT2D eigenvalue weighted by atomic mass is 9.97. The van der Waals surface area contributed by atoms with Crippen LogP contribution in [0.1, 0.15) is 20.8 Å². The quantitative estimate of drug-likeness (QED) is 0.475. The summed E-state index contributed by atoms with van der Waals surface area (Å²) in [6.45, 7) is 8.79. The molecule has 0 aromatic heterocycles.